The highest BCUT2D eigenvalue weighted by atomic mass is 32.1. The molecule has 1 aromatic carbocycles. The SMILES string of the molecule is COc1ccccc1NC(=S)N[C@@H]1C[C@@H]2CC[C@H]1C2. The summed E-state index contributed by atoms with van der Waals surface area (Å²) < 4.78 is 5.32. The Labute approximate surface area is 119 Å². The first-order valence-electron chi connectivity index (χ1n) is 6.97. The highest BCUT2D eigenvalue weighted by molar-refractivity contribution is 7.80. The van der Waals surface area contributed by atoms with Crippen LogP contribution in [0.1, 0.15) is 25.7 Å². The molecule has 3 nitrogen and oxygen atoms in total. The second-order valence-corrected chi connectivity index (χ2v) is 5.99. The number of nitrogens with one attached hydrogen (secondary N) is 2. The Hall–Kier alpha value is -1.29. The summed E-state index contributed by atoms with van der Waals surface area (Å²) in [4.78, 5) is 0. The first-order valence-corrected chi connectivity index (χ1v) is 7.37. The average Bonchev–Trinajstić information content (AvgIpc) is 3.01. The number of hydrogen-bond acceptors (Lipinski definition) is 2. The van der Waals surface area contributed by atoms with Gasteiger partial charge in [-0.25, -0.2) is 0 Å². The lowest BCUT2D eigenvalue weighted by atomic mass is 9.96. The molecule has 1 aromatic rings. The van der Waals surface area contributed by atoms with Gasteiger partial charge in [-0.1, -0.05) is 18.6 Å². The lowest BCUT2D eigenvalue weighted by Gasteiger charge is -2.24. The van der Waals surface area contributed by atoms with E-state index in [-0.39, 0.29) is 0 Å². The number of para-hydroxylation sites is 2. The van der Waals surface area contributed by atoms with E-state index in [4.69, 9.17) is 17.0 Å². The van der Waals surface area contributed by atoms with E-state index in [0.717, 1.165) is 23.3 Å². The molecule has 102 valence electrons. The molecule has 0 spiro atoms. The van der Waals surface area contributed by atoms with E-state index in [9.17, 15) is 0 Å². The van der Waals surface area contributed by atoms with Crippen molar-refractivity contribution in [1.29, 1.82) is 0 Å². The van der Waals surface area contributed by atoms with Gasteiger partial charge in [0.05, 0.1) is 12.8 Å². The van der Waals surface area contributed by atoms with Gasteiger partial charge in [0.1, 0.15) is 5.75 Å². The predicted octanol–water partition coefficient (Wildman–Crippen LogP) is 3.17. The summed E-state index contributed by atoms with van der Waals surface area (Å²) in [6, 6.07) is 8.41. The van der Waals surface area contributed by atoms with E-state index < -0.39 is 0 Å². The maximum Gasteiger partial charge on any atom is 0.171 e. The van der Waals surface area contributed by atoms with Crippen LogP contribution in [-0.4, -0.2) is 18.3 Å². The zero-order chi connectivity index (χ0) is 13.2. The van der Waals surface area contributed by atoms with Crippen LogP contribution in [0.4, 0.5) is 5.69 Å². The zero-order valence-corrected chi connectivity index (χ0v) is 12.0. The molecule has 2 aliphatic rings. The Morgan fingerprint density at radius 2 is 2.11 bits per heavy atom. The number of benzene rings is 1. The number of thiocarbonyl (C=S) groups is 1. The van der Waals surface area contributed by atoms with Crippen molar-refractivity contribution < 1.29 is 4.74 Å². The van der Waals surface area contributed by atoms with Crippen LogP contribution in [0.25, 0.3) is 0 Å². The fourth-order valence-corrected chi connectivity index (χ4v) is 3.76. The molecule has 2 fully saturated rings. The van der Waals surface area contributed by atoms with E-state index >= 15 is 0 Å². The average molecular weight is 276 g/mol. The van der Waals surface area contributed by atoms with Crippen LogP contribution < -0.4 is 15.4 Å². The third-order valence-corrected chi connectivity index (χ3v) is 4.63. The van der Waals surface area contributed by atoms with Gasteiger partial charge in [-0.05, 0) is 55.4 Å². The number of hydrogen-bond donors (Lipinski definition) is 2. The Balaban J connectivity index is 1.59. The van der Waals surface area contributed by atoms with E-state index in [1.165, 1.54) is 25.7 Å². The van der Waals surface area contributed by atoms with E-state index in [1.54, 1.807) is 7.11 Å². The highest BCUT2D eigenvalue weighted by Gasteiger charge is 2.39. The molecule has 3 rings (SSSR count). The summed E-state index contributed by atoms with van der Waals surface area (Å²) in [5.41, 5.74) is 0.922. The number of anilines is 1. The predicted molar refractivity (Wildman–Crippen MR) is 81.6 cm³/mol. The van der Waals surface area contributed by atoms with Crippen LogP contribution in [0.3, 0.4) is 0 Å². The van der Waals surface area contributed by atoms with Gasteiger partial charge in [0.2, 0.25) is 0 Å². The second kappa shape index (κ2) is 5.37. The molecule has 0 saturated heterocycles. The number of fused-ring (bicyclic) bond motifs is 2. The topological polar surface area (TPSA) is 33.3 Å². The molecule has 2 aliphatic carbocycles. The maximum absolute atomic E-state index is 5.42. The van der Waals surface area contributed by atoms with Crippen molar-refractivity contribution in [3.63, 3.8) is 0 Å². The fourth-order valence-electron chi connectivity index (χ4n) is 3.50. The van der Waals surface area contributed by atoms with Gasteiger partial charge in [0.25, 0.3) is 0 Å². The number of ether oxygens (including phenoxy) is 1. The van der Waals surface area contributed by atoms with Crippen molar-refractivity contribution >= 4 is 23.0 Å². The summed E-state index contributed by atoms with van der Waals surface area (Å²) in [6.07, 6.45) is 5.43. The molecule has 3 atom stereocenters. The normalized spacial score (nSPS) is 28.2. The lowest BCUT2D eigenvalue weighted by molar-refractivity contribution is 0.391. The minimum absolute atomic E-state index is 0.563. The summed E-state index contributed by atoms with van der Waals surface area (Å²) in [7, 11) is 1.67. The molecule has 0 heterocycles. The minimum Gasteiger partial charge on any atom is -0.495 e. The summed E-state index contributed by atoms with van der Waals surface area (Å²) in [5, 5.41) is 7.43. The van der Waals surface area contributed by atoms with E-state index in [0.29, 0.717) is 11.2 Å². The molecule has 2 saturated carbocycles. The van der Waals surface area contributed by atoms with Crippen LogP contribution in [-0.2, 0) is 0 Å². The van der Waals surface area contributed by atoms with Crippen molar-refractivity contribution in [1.82, 2.24) is 5.32 Å². The van der Waals surface area contributed by atoms with Gasteiger partial charge in [-0.2, -0.15) is 0 Å². The van der Waals surface area contributed by atoms with Gasteiger partial charge >= 0.3 is 0 Å². The van der Waals surface area contributed by atoms with Gasteiger partial charge < -0.3 is 15.4 Å². The van der Waals surface area contributed by atoms with Crippen LogP contribution in [0, 0.1) is 11.8 Å². The van der Waals surface area contributed by atoms with Crippen LogP contribution in [0.5, 0.6) is 5.75 Å². The van der Waals surface area contributed by atoms with Crippen molar-refractivity contribution in [3.05, 3.63) is 24.3 Å². The van der Waals surface area contributed by atoms with E-state index in [1.807, 2.05) is 24.3 Å². The molecule has 19 heavy (non-hydrogen) atoms. The summed E-state index contributed by atoms with van der Waals surface area (Å²) >= 11 is 5.42. The third kappa shape index (κ3) is 2.68. The zero-order valence-electron chi connectivity index (χ0n) is 11.2. The summed E-state index contributed by atoms with van der Waals surface area (Å²) in [6.45, 7) is 0. The maximum atomic E-state index is 5.42. The monoisotopic (exact) mass is 276 g/mol. The van der Waals surface area contributed by atoms with E-state index in [2.05, 4.69) is 10.6 Å². The fraction of sp³-hybridized carbons (Fsp3) is 0.533. The number of rotatable bonds is 3. The molecule has 4 heteroatoms. The second-order valence-electron chi connectivity index (χ2n) is 5.58. The smallest absolute Gasteiger partial charge is 0.171 e. The molecule has 0 aromatic heterocycles. The molecule has 0 aliphatic heterocycles. The Morgan fingerprint density at radius 1 is 1.26 bits per heavy atom. The largest absolute Gasteiger partial charge is 0.495 e. The quantitative estimate of drug-likeness (QED) is 0.831. The molecular weight excluding hydrogens is 256 g/mol. The molecule has 2 bridgehead atoms. The minimum atomic E-state index is 0.563. The van der Waals surface area contributed by atoms with Crippen molar-refractivity contribution in [2.24, 2.45) is 11.8 Å². The Morgan fingerprint density at radius 3 is 2.79 bits per heavy atom. The van der Waals surface area contributed by atoms with Crippen molar-refractivity contribution in [2.75, 3.05) is 12.4 Å². The number of methoxy groups -OCH3 is 1. The van der Waals surface area contributed by atoms with Crippen molar-refractivity contribution in [2.45, 2.75) is 31.7 Å². The first kappa shape index (κ1) is 12.7. The molecule has 0 amide bonds. The molecule has 2 N–H and O–H groups in total. The first-order chi connectivity index (χ1) is 9.26. The summed E-state index contributed by atoms with van der Waals surface area (Å²) in [5.74, 6) is 2.57. The van der Waals surface area contributed by atoms with Crippen molar-refractivity contribution in [3.8, 4) is 5.75 Å². The Kier molecular flexibility index (Phi) is 3.60. The van der Waals surface area contributed by atoms with Gasteiger partial charge in [-0.3, -0.25) is 0 Å². The van der Waals surface area contributed by atoms with Crippen LogP contribution >= 0.6 is 12.2 Å². The van der Waals surface area contributed by atoms with Gasteiger partial charge in [-0.15, -0.1) is 0 Å². The standard InChI is InChI=1S/C15H20N2OS/c1-18-14-5-3-2-4-12(14)16-15(19)17-13-9-10-6-7-11(13)8-10/h2-5,10-11,13H,6-9H2,1H3,(H2,16,17,19)/t10-,11+,13-/m1/s1. The highest BCUT2D eigenvalue weighted by Crippen LogP contribution is 2.44. The molecular formula is C15H20N2OS. The van der Waals surface area contributed by atoms with Crippen LogP contribution in [0.2, 0.25) is 0 Å². The Bertz CT molecular complexity index is 477. The van der Waals surface area contributed by atoms with Gasteiger partial charge in [0.15, 0.2) is 5.11 Å². The third-order valence-electron chi connectivity index (χ3n) is 4.41. The molecule has 0 unspecified atom stereocenters. The van der Waals surface area contributed by atoms with Gasteiger partial charge in [0, 0.05) is 6.04 Å². The molecule has 0 radical (unpaired) electrons. The lowest BCUT2D eigenvalue weighted by Crippen LogP contribution is -2.40. The van der Waals surface area contributed by atoms with Crippen LogP contribution in [0.15, 0.2) is 24.3 Å².